The highest BCUT2D eigenvalue weighted by Gasteiger charge is 2.07. The third kappa shape index (κ3) is 4.59. The number of aryl methyl sites for hydroxylation is 2. The largest absolute Gasteiger partial charge is 0.380 e. The minimum atomic E-state index is 0.442. The molecule has 0 saturated carbocycles. The summed E-state index contributed by atoms with van der Waals surface area (Å²) in [6.07, 6.45) is 1.92. The number of rotatable bonds is 7. The Morgan fingerprint density at radius 3 is 2.12 bits per heavy atom. The van der Waals surface area contributed by atoms with Crippen molar-refractivity contribution in [3.63, 3.8) is 0 Å². The Balaban J connectivity index is 2.16. The second-order valence-corrected chi connectivity index (χ2v) is 5.69. The predicted octanol–water partition coefficient (Wildman–Crippen LogP) is 3.88. The highest BCUT2D eigenvalue weighted by molar-refractivity contribution is 5.93. The molecule has 24 heavy (non-hydrogen) atoms. The van der Waals surface area contributed by atoms with Gasteiger partial charge in [-0.2, -0.15) is 0 Å². The maximum absolute atomic E-state index is 6.13. The van der Waals surface area contributed by atoms with Crippen LogP contribution in [0, 0.1) is 0 Å². The highest BCUT2D eigenvalue weighted by atomic mass is 16.5. The molecule has 0 amide bonds. The normalized spacial score (nSPS) is 11.5. The first kappa shape index (κ1) is 18.0. The van der Waals surface area contributed by atoms with Gasteiger partial charge in [-0.05, 0) is 35.1 Å². The van der Waals surface area contributed by atoms with Gasteiger partial charge in [0, 0.05) is 12.8 Å². The third-order valence-corrected chi connectivity index (χ3v) is 4.09. The van der Waals surface area contributed by atoms with E-state index in [1.165, 1.54) is 11.1 Å². The fourth-order valence-corrected chi connectivity index (χ4v) is 2.75. The van der Waals surface area contributed by atoms with E-state index in [-0.39, 0.29) is 0 Å². The molecule has 0 saturated heterocycles. The maximum Gasteiger partial charge on any atom is 0.193 e. The van der Waals surface area contributed by atoms with E-state index >= 15 is 0 Å². The Hall–Kier alpha value is -2.33. The quantitative estimate of drug-likeness (QED) is 0.600. The van der Waals surface area contributed by atoms with Crippen LogP contribution >= 0.6 is 0 Å². The van der Waals surface area contributed by atoms with Gasteiger partial charge < -0.3 is 15.8 Å². The summed E-state index contributed by atoms with van der Waals surface area (Å²) in [6.45, 7) is 5.41. The number of para-hydroxylation sites is 1. The minimum Gasteiger partial charge on any atom is -0.380 e. The molecule has 0 aromatic heterocycles. The Kier molecular flexibility index (Phi) is 6.82. The Morgan fingerprint density at radius 1 is 0.958 bits per heavy atom. The van der Waals surface area contributed by atoms with Crippen LogP contribution in [-0.4, -0.2) is 13.1 Å². The lowest BCUT2D eigenvalue weighted by Gasteiger charge is -2.15. The Labute approximate surface area is 144 Å². The average Bonchev–Trinajstić information content (AvgIpc) is 2.61. The molecule has 2 aromatic rings. The van der Waals surface area contributed by atoms with Crippen LogP contribution in [0.15, 0.2) is 47.5 Å². The first-order valence-electron chi connectivity index (χ1n) is 8.43. The number of aliphatic imine (C=N–C) groups is 1. The van der Waals surface area contributed by atoms with E-state index < -0.39 is 0 Å². The standard InChI is InChI=1S/C20H27N3O/c1-4-15-11-8-12-16(5-2)19(15)23-20(21)22-13-17-9-6-7-10-18(17)14-24-3/h6-12H,4-5,13-14H2,1-3H3,(H3,21,22,23). The molecular weight excluding hydrogens is 298 g/mol. The van der Waals surface area contributed by atoms with Gasteiger partial charge in [-0.15, -0.1) is 0 Å². The molecule has 2 rings (SSSR count). The fraction of sp³-hybridized carbons (Fsp3) is 0.350. The summed E-state index contributed by atoms with van der Waals surface area (Å²) in [4.78, 5) is 4.51. The Bertz CT molecular complexity index is 673. The van der Waals surface area contributed by atoms with Crippen molar-refractivity contribution >= 4 is 11.6 Å². The van der Waals surface area contributed by atoms with Gasteiger partial charge in [-0.3, -0.25) is 0 Å². The maximum atomic E-state index is 6.13. The summed E-state index contributed by atoms with van der Waals surface area (Å²) in [5.41, 5.74) is 12.0. The van der Waals surface area contributed by atoms with Gasteiger partial charge in [0.25, 0.3) is 0 Å². The monoisotopic (exact) mass is 325 g/mol. The van der Waals surface area contributed by atoms with Crippen LogP contribution in [0.3, 0.4) is 0 Å². The van der Waals surface area contributed by atoms with Crippen molar-refractivity contribution in [2.45, 2.75) is 39.8 Å². The van der Waals surface area contributed by atoms with Crippen LogP contribution in [0.1, 0.15) is 36.1 Å². The van der Waals surface area contributed by atoms with E-state index in [4.69, 9.17) is 10.5 Å². The van der Waals surface area contributed by atoms with Gasteiger partial charge >= 0.3 is 0 Å². The van der Waals surface area contributed by atoms with Gasteiger partial charge in [0.05, 0.1) is 13.2 Å². The number of anilines is 1. The smallest absolute Gasteiger partial charge is 0.193 e. The first-order valence-corrected chi connectivity index (χ1v) is 8.43. The molecule has 128 valence electrons. The molecule has 4 nitrogen and oxygen atoms in total. The minimum absolute atomic E-state index is 0.442. The second-order valence-electron chi connectivity index (χ2n) is 5.69. The van der Waals surface area contributed by atoms with E-state index in [1.807, 2.05) is 12.1 Å². The van der Waals surface area contributed by atoms with Gasteiger partial charge in [0.1, 0.15) is 0 Å². The van der Waals surface area contributed by atoms with Gasteiger partial charge in [0.15, 0.2) is 5.96 Å². The van der Waals surface area contributed by atoms with Crippen LogP contribution < -0.4 is 11.1 Å². The van der Waals surface area contributed by atoms with Crippen molar-refractivity contribution in [2.75, 3.05) is 12.4 Å². The van der Waals surface area contributed by atoms with E-state index in [0.29, 0.717) is 19.1 Å². The second kappa shape index (κ2) is 9.08. The summed E-state index contributed by atoms with van der Waals surface area (Å²) in [7, 11) is 1.70. The van der Waals surface area contributed by atoms with Gasteiger partial charge in [0.2, 0.25) is 0 Å². The van der Waals surface area contributed by atoms with E-state index in [1.54, 1.807) is 7.11 Å². The zero-order valence-corrected chi connectivity index (χ0v) is 14.8. The lowest BCUT2D eigenvalue weighted by Crippen LogP contribution is -2.24. The number of nitrogens with zero attached hydrogens (tertiary/aromatic N) is 1. The summed E-state index contributed by atoms with van der Waals surface area (Å²) in [5.74, 6) is 0.442. The summed E-state index contributed by atoms with van der Waals surface area (Å²) >= 11 is 0. The van der Waals surface area contributed by atoms with Crippen molar-refractivity contribution < 1.29 is 4.74 Å². The lowest BCUT2D eigenvalue weighted by molar-refractivity contribution is 0.184. The lowest BCUT2D eigenvalue weighted by atomic mass is 10.0. The molecule has 4 heteroatoms. The topological polar surface area (TPSA) is 59.6 Å². The van der Waals surface area contributed by atoms with Crippen molar-refractivity contribution in [1.82, 2.24) is 0 Å². The van der Waals surface area contributed by atoms with Crippen molar-refractivity contribution in [2.24, 2.45) is 10.7 Å². The molecule has 0 unspecified atom stereocenters. The predicted molar refractivity (Wildman–Crippen MR) is 101 cm³/mol. The van der Waals surface area contributed by atoms with Gasteiger partial charge in [-0.25, -0.2) is 4.99 Å². The Morgan fingerprint density at radius 2 is 1.54 bits per heavy atom. The molecule has 0 aliphatic rings. The molecule has 0 atom stereocenters. The molecule has 2 aromatic carbocycles. The molecule has 0 radical (unpaired) electrons. The van der Waals surface area contributed by atoms with Crippen LogP contribution in [0.25, 0.3) is 0 Å². The number of nitrogens with two attached hydrogens (primary N) is 1. The molecule has 0 heterocycles. The zero-order valence-electron chi connectivity index (χ0n) is 14.8. The van der Waals surface area contributed by atoms with Crippen LogP contribution in [0.5, 0.6) is 0 Å². The third-order valence-electron chi connectivity index (χ3n) is 4.09. The first-order chi connectivity index (χ1) is 11.7. The number of hydrogen-bond acceptors (Lipinski definition) is 2. The molecule has 0 spiro atoms. The number of ether oxygens (including phenoxy) is 1. The molecule has 0 bridgehead atoms. The summed E-state index contributed by atoms with van der Waals surface area (Å²) < 4.78 is 5.24. The van der Waals surface area contributed by atoms with Crippen LogP contribution in [0.4, 0.5) is 5.69 Å². The number of methoxy groups -OCH3 is 1. The van der Waals surface area contributed by atoms with Crippen molar-refractivity contribution in [3.05, 3.63) is 64.7 Å². The van der Waals surface area contributed by atoms with Crippen LogP contribution in [-0.2, 0) is 30.7 Å². The average molecular weight is 325 g/mol. The van der Waals surface area contributed by atoms with E-state index in [2.05, 4.69) is 54.5 Å². The number of nitrogens with one attached hydrogen (secondary N) is 1. The van der Waals surface area contributed by atoms with Gasteiger partial charge in [-0.1, -0.05) is 56.3 Å². The summed E-state index contributed by atoms with van der Waals surface area (Å²) in [6, 6.07) is 14.5. The SMILES string of the molecule is CCc1cccc(CC)c1NC(N)=NCc1ccccc1COC. The number of benzene rings is 2. The highest BCUT2D eigenvalue weighted by Crippen LogP contribution is 2.22. The number of hydrogen-bond donors (Lipinski definition) is 2. The molecule has 0 aliphatic carbocycles. The van der Waals surface area contributed by atoms with Crippen molar-refractivity contribution in [3.8, 4) is 0 Å². The molecule has 0 aliphatic heterocycles. The molecular formula is C20H27N3O. The molecule has 0 fully saturated rings. The van der Waals surface area contributed by atoms with Crippen LogP contribution in [0.2, 0.25) is 0 Å². The summed E-state index contributed by atoms with van der Waals surface area (Å²) in [5, 5.41) is 3.30. The van der Waals surface area contributed by atoms with E-state index in [0.717, 1.165) is 29.7 Å². The van der Waals surface area contributed by atoms with E-state index in [9.17, 15) is 0 Å². The van der Waals surface area contributed by atoms with Crippen molar-refractivity contribution in [1.29, 1.82) is 0 Å². The fourth-order valence-electron chi connectivity index (χ4n) is 2.75. The number of guanidine groups is 1. The zero-order chi connectivity index (χ0) is 17.4. The molecule has 3 N–H and O–H groups in total.